The van der Waals surface area contributed by atoms with E-state index in [0.29, 0.717) is 17.6 Å². The number of hydrogen-bond donors (Lipinski definition) is 1. The molecule has 0 aliphatic heterocycles. The lowest BCUT2D eigenvalue weighted by Crippen LogP contribution is -2.42. The summed E-state index contributed by atoms with van der Waals surface area (Å²) >= 11 is -1.24. The van der Waals surface area contributed by atoms with Crippen molar-refractivity contribution in [2.24, 2.45) is 0 Å². The molecular formula is C16H21ClN2O3S2. The van der Waals surface area contributed by atoms with E-state index in [1.807, 2.05) is 32.9 Å². The molecule has 1 aromatic heterocycles. The van der Waals surface area contributed by atoms with Crippen LogP contribution in [0.5, 0.6) is 0 Å². The standard InChI is InChI=1S/C16H21ClN2O3S2/c1-16(2,3)23(20)18-12-8-6-10-14-15(12)11-7-4-5-9-13(11)19(14)24(17,21)22/h4-5,7,9,12,18H,6,8,10H2,1-3H3/t12-,23?/m0/s1. The van der Waals surface area contributed by atoms with Crippen LogP contribution in [-0.4, -0.2) is 21.7 Å². The van der Waals surface area contributed by atoms with Crippen LogP contribution in [0.4, 0.5) is 0 Å². The van der Waals surface area contributed by atoms with Gasteiger partial charge in [0.15, 0.2) is 0 Å². The first-order valence-corrected chi connectivity index (χ1v) is 11.3. The monoisotopic (exact) mass is 388 g/mol. The number of benzene rings is 1. The molecule has 2 aromatic rings. The minimum absolute atomic E-state index is 0.154. The van der Waals surface area contributed by atoms with Crippen LogP contribution in [0.15, 0.2) is 24.3 Å². The number of halogens is 1. The fraction of sp³-hybridized carbons (Fsp3) is 0.500. The topological polar surface area (TPSA) is 74.2 Å². The van der Waals surface area contributed by atoms with Crippen LogP contribution >= 0.6 is 10.7 Å². The Hall–Kier alpha value is -0.730. The molecule has 0 radical (unpaired) electrons. The van der Waals surface area contributed by atoms with E-state index in [0.717, 1.165) is 23.8 Å². The Kier molecular flexibility index (Phi) is 4.68. The zero-order valence-corrected chi connectivity index (χ0v) is 16.3. The molecule has 0 saturated heterocycles. The highest BCUT2D eigenvalue weighted by atomic mass is 35.7. The van der Waals surface area contributed by atoms with Crippen molar-refractivity contribution in [3.05, 3.63) is 35.5 Å². The van der Waals surface area contributed by atoms with E-state index < -0.39 is 25.3 Å². The minimum atomic E-state index is -3.92. The molecule has 0 spiro atoms. The molecule has 8 heteroatoms. The zero-order valence-electron chi connectivity index (χ0n) is 13.9. The third kappa shape index (κ3) is 3.20. The molecule has 3 rings (SSSR count). The molecule has 1 heterocycles. The summed E-state index contributed by atoms with van der Waals surface area (Å²) in [7, 11) is 1.77. The van der Waals surface area contributed by atoms with Crippen LogP contribution < -0.4 is 4.72 Å². The molecule has 1 N–H and O–H groups in total. The normalized spacial score (nSPS) is 20.1. The molecule has 1 unspecified atom stereocenters. The summed E-state index contributed by atoms with van der Waals surface area (Å²) in [6.45, 7) is 5.73. The Morgan fingerprint density at radius 1 is 1.33 bits per heavy atom. The van der Waals surface area contributed by atoms with Crippen LogP contribution in [0.1, 0.15) is 50.9 Å². The van der Waals surface area contributed by atoms with Gasteiger partial charge in [0.1, 0.15) is 4.75 Å². The van der Waals surface area contributed by atoms with Gasteiger partial charge in [-0.05, 0) is 46.1 Å². The predicted molar refractivity (Wildman–Crippen MR) is 98.8 cm³/mol. The van der Waals surface area contributed by atoms with Gasteiger partial charge in [-0.15, -0.1) is 4.72 Å². The third-order valence-corrected chi connectivity index (χ3v) is 7.13. The largest absolute Gasteiger partial charge is 0.598 e. The molecule has 0 saturated carbocycles. The van der Waals surface area contributed by atoms with Crippen molar-refractivity contribution in [3.63, 3.8) is 0 Å². The van der Waals surface area contributed by atoms with Gasteiger partial charge in [-0.3, -0.25) is 0 Å². The Labute approximate surface area is 150 Å². The lowest BCUT2D eigenvalue weighted by Gasteiger charge is -2.30. The van der Waals surface area contributed by atoms with E-state index in [1.165, 1.54) is 3.97 Å². The van der Waals surface area contributed by atoms with Gasteiger partial charge in [0, 0.05) is 38.7 Å². The second-order valence-corrected chi connectivity index (χ2v) is 11.4. The molecule has 1 aliphatic rings. The van der Waals surface area contributed by atoms with Gasteiger partial charge in [-0.2, -0.15) is 8.42 Å². The van der Waals surface area contributed by atoms with Crippen molar-refractivity contribution in [1.29, 1.82) is 0 Å². The molecule has 0 amide bonds. The molecule has 132 valence electrons. The fourth-order valence-corrected chi connectivity index (χ4v) is 5.37. The van der Waals surface area contributed by atoms with Crippen molar-refractivity contribution in [2.75, 3.05) is 0 Å². The number of nitrogens with zero attached hydrogens (tertiary/aromatic N) is 1. The molecule has 0 fully saturated rings. The molecule has 1 aliphatic carbocycles. The quantitative estimate of drug-likeness (QED) is 0.645. The number of para-hydroxylation sites is 1. The van der Waals surface area contributed by atoms with Crippen molar-refractivity contribution >= 4 is 42.2 Å². The fourth-order valence-electron chi connectivity index (χ4n) is 3.20. The summed E-state index contributed by atoms with van der Waals surface area (Å²) in [6.07, 6.45) is 2.26. The number of aromatic nitrogens is 1. The Morgan fingerprint density at radius 2 is 2.00 bits per heavy atom. The van der Waals surface area contributed by atoms with Crippen molar-refractivity contribution in [2.45, 2.75) is 50.8 Å². The lowest BCUT2D eigenvalue weighted by molar-refractivity contribution is 0.488. The summed E-state index contributed by atoms with van der Waals surface area (Å²) in [5, 5.41) is 0.847. The lowest BCUT2D eigenvalue weighted by atomic mass is 9.91. The highest BCUT2D eigenvalue weighted by Crippen LogP contribution is 2.40. The highest BCUT2D eigenvalue weighted by molar-refractivity contribution is 8.12. The number of nitrogens with one attached hydrogen (secondary N) is 1. The minimum Gasteiger partial charge on any atom is -0.598 e. The van der Waals surface area contributed by atoms with Crippen LogP contribution in [-0.2, 0) is 27.0 Å². The summed E-state index contributed by atoms with van der Waals surface area (Å²) in [5.74, 6) is 0. The van der Waals surface area contributed by atoms with Crippen molar-refractivity contribution in [1.82, 2.24) is 8.69 Å². The second-order valence-electron chi connectivity index (χ2n) is 7.03. The first kappa shape index (κ1) is 18.1. The van der Waals surface area contributed by atoms with E-state index in [-0.39, 0.29) is 6.04 Å². The molecule has 1 aromatic carbocycles. The maximum atomic E-state index is 12.5. The van der Waals surface area contributed by atoms with E-state index >= 15 is 0 Å². The smallest absolute Gasteiger partial charge is 0.325 e. The number of rotatable bonds is 3. The SMILES string of the molecule is CC(C)(C)[S+]([O-])N[C@H]1CCCc2c1c1ccccc1n2S(=O)(=O)Cl. The second kappa shape index (κ2) is 6.21. The number of fused-ring (bicyclic) bond motifs is 3. The van der Waals surface area contributed by atoms with E-state index in [1.54, 1.807) is 12.1 Å². The molecule has 0 bridgehead atoms. The zero-order chi connectivity index (χ0) is 17.7. The highest BCUT2D eigenvalue weighted by Gasteiger charge is 2.36. The predicted octanol–water partition coefficient (Wildman–Crippen LogP) is 3.40. The maximum absolute atomic E-state index is 12.5. The average Bonchev–Trinajstić information content (AvgIpc) is 2.81. The van der Waals surface area contributed by atoms with Gasteiger partial charge in [-0.1, -0.05) is 18.2 Å². The van der Waals surface area contributed by atoms with Gasteiger partial charge in [-0.25, -0.2) is 3.97 Å². The van der Waals surface area contributed by atoms with E-state index in [9.17, 15) is 13.0 Å². The van der Waals surface area contributed by atoms with Crippen LogP contribution in [0.25, 0.3) is 10.9 Å². The van der Waals surface area contributed by atoms with Crippen molar-refractivity contribution < 1.29 is 13.0 Å². The Bertz CT molecular complexity index is 871. The molecule has 24 heavy (non-hydrogen) atoms. The molecule has 2 atom stereocenters. The van der Waals surface area contributed by atoms with Crippen LogP contribution in [0, 0.1) is 0 Å². The van der Waals surface area contributed by atoms with E-state index in [4.69, 9.17) is 10.7 Å². The molecular weight excluding hydrogens is 368 g/mol. The summed E-state index contributed by atoms with van der Waals surface area (Å²) in [5.41, 5.74) is 2.17. The van der Waals surface area contributed by atoms with E-state index in [2.05, 4.69) is 4.72 Å². The first-order chi connectivity index (χ1) is 11.1. The Morgan fingerprint density at radius 3 is 2.62 bits per heavy atom. The van der Waals surface area contributed by atoms with Gasteiger partial charge >= 0.3 is 9.24 Å². The van der Waals surface area contributed by atoms with Crippen LogP contribution in [0.3, 0.4) is 0 Å². The molecule has 5 nitrogen and oxygen atoms in total. The van der Waals surface area contributed by atoms with Gasteiger partial charge < -0.3 is 4.55 Å². The van der Waals surface area contributed by atoms with Crippen LogP contribution in [0.2, 0.25) is 0 Å². The van der Waals surface area contributed by atoms with Gasteiger partial charge in [0.25, 0.3) is 0 Å². The first-order valence-electron chi connectivity index (χ1n) is 7.86. The third-order valence-electron chi connectivity index (χ3n) is 4.25. The summed E-state index contributed by atoms with van der Waals surface area (Å²) in [6, 6.07) is 7.17. The number of hydrogen-bond acceptors (Lipinski definition) is 4. The maximum Gasteiger partial charge on any atom is 0.325 e. The van der Waals surface area contributed by atoms with Gasteiger partial charge in [0.05, 0.1) is 11.6 Å². The van der Waals surface area contributed by atoms with Crippen molar-refractivity contribution in [3.8, 4) is 0 Å². The summed E-state index contributed by atoms with van der Waals surface area (Å²) in [4.78, 5) is 0. The summed E-state index contributed by atoms with van der Waals surface area (Å²) < 4.78 is 40.8. The van der Waals surface area contributed by atoms with Gasteiger partial charge in [0.2, 0.25) is 0 Å². The Balaban J connectivity index is 2.18. The average molecular weight is 389 g/mol.